The molecule has 72 valence electrons. The minimum atomic E-state index is -0.520. The number of carbonyl (C=O) groups excluding carboxylic acids is 1. The second kappa shape index (κ2) is 5.00. The van der Waals surface area contributed by atoms with E-state index in [1.807, 2.05) is 0 Å². The molecule has 0 aliphatic carbocycles. The summed E-state index contributed by atoms with van der Waals surface area (Å²) in [6.45, 7) is 0.237. The van der Waals surface area contributed by atoms with Gasteiger partial charge in [0.25, 0.3) is 0 Å². The summed E-state index contributed by atoms with van der Waals surface area (Å²) in [5.41, 5.74) is 7.37. The fourth-order valence-corrected chi connectivity index (χ4v) is 1.03. The van der Waals surface area contributed by atoms with E-state index in [1.165, 1.54) is 0 Å². The van der Waals surface area contributed by atoms with Crippen molar-refractivity contribution in [2.24, 2.45) is 5.73 Å². The van der Waals surface area contributed by atoms with Gasteiger partial charge in [-0.1, -0.05) is 0 Å². The summed E-state index contributed by atoms with van der Waals surface area (Å²) in [5, 5.41) is 0. The number of hydroxylamine groups is 1. The van der Waals surface area contributed by atoms with Gasteiger partial charge in [-0.2, -0.15) is 5.48 Å². The molecular formula is C7H9BrN2O3. The van der Waals surface area contributed by atoms with E-state index in [2.05, 4.69) is 21.4 Å². The van der Waals surface area contributed by atoms with Crippen LogP contribution in [0, 0.1) is 0 Å². The summed E-state index contributed by atoms with van der Waals surface area (Å²) in [5.74, 6) is 0.185. The van der Waals surface area contributed by atoms with Crippen molar-refractivity contribution in [3.63, 3.8) is 0 Å². The first-order chi connectivity index (χ1) is 6.18. The Kier molecular flexibility index (Phi) is 3.94. The van der Waals surface area contributed by atoms with Crippen LogP contribution < -0.4 is 11.2 Å². The number of hydrogen-bond acceptors (Lipinski definition) is 4. The lowest BCUT2D eigenvalue weighted by molar-refractivity contribution is -0.125. The van der Waals surface area contributed by atoms with Crippen molar-refractivity contribution < 1.29 is 14.0 Å². The summed E-state index contributed by atoms with van der Waals surface area (Å²) in [7, 11) is 0. The van der Waals surface area contributed by atoms with Crippen LogP contribution in [0.15, 0.2) is 21.2 Å². The molecule has 0 fully saturated rings. The summed E-state index contributed by atoms with van der Waals surface area (Å²) in [6.07, 6.45) is 0. The summed E-state index contributed by atoms with van der Waals surface area (Å²) in [4.78, 5) is 14.9. The van der Waals surface area contributed by atoms with E-state index >= 15 is 0 Å². The molecule has 6 heteroatoms. The minimum Gasteiger partial charge on any atom is -0.453 e. The highest BCUT2D eigenvalue weighted by atomic mass is 79.9. The van der Waals surface area contributed by atoms with Crippen LogP contribution in [-0.2, 0) is 16.2 Å². The van der Waals surface area contributed by atoms with E-state index in [-0.39, 0.29) is 6.61 Å². The SMILES string of the molecule is NC(=O)CONCc1ccc(Br)o1. The smallest absolute Gasteiger partial charge is 0.245 e. The maximum absolute atomic E-state index is 10.2. The third kappa shape index (κ3) is 4.07. The fraction of sp³-hybridized carbons (Fsp3) is 0.286. The van der Waals surface area contributed by atoms with Crippen LogP contribution in [0.3, 0.4) is 0 Å². The van der Waals surface area contributed by atoms with Crippen molar-refractivity contribution >= 4 is 21.8 Å². The quantitative estimate of drug-likeness (QED) is 0.590. The number of halogens is 1. The van der Waals surface area contributed by atoms with Crippen molar-refractivity contribution in [2.75, 3.05) is 6.61 Å². The van der Waals surface area contributed by atoms with Crippen LogP contribution in [0.2, 0.25) is 0 Å². The highest BCUT2D eigenvalue weighted by Crippen LogP contribution is 2.13. The zero-order chi connectivity index (χ0) is 9.68. The monoisotopic (exact) mass is 248 g/mol. The van der Waals surface area contributed by atoms with Gasteiger partial charge in [-0.05, 0) is 28.1 Å². The van der Waals surface area contributed by atoms with Crippen LogP contribution in [0.25, 0.3) is 0 Å². The number of hydrogen-bond donors (Lipinski definition) is 2. The van der Waals surface area contributed by atoms with Gasteiger partial charge >= 0.3 is 0 Å². The predicted octanol–water partition coefficient (Wildman–Crippen LogP) is 0.549. The van der Waals surface area contributed by atoms with Crippen molar-refractivity contribution in [3.8, 4) is 0 Å². The van der Waals surface area contributed by atoms with E-state index < -0.39 is 5.91 Å². The Morgan fingerprint density at radius 3 is 3.00 bits per heavy atom. The van der Waals surface area contributed by atoms with Gasteiger partial charge in [0, 0.05) is 0 Å². The first-order valence-electron chi connectivity index (χ1n) is 3.55. The molecule has 0 aromatic carbocycles. The van der Waals surface area contributed by atoms with Crippen molar-refractivity contribution in [1.82, 2.24) is 5.48 Å². The summed E-state index contributed by atoms with van der Waals surface area (Å²) >= 11 is 3.15. The molecule has 0 saturated heterocycles. The maximum atomic E-state index is 10.2. The molecule has 0 aliphatic rings. The van der Waals surface area contributed by atoms with Crippen LogP contribution in [0.4, 0.5) is 0 Å². The van der Waals surface area contributed by atoms with Crippen LogP contribution in [0.1, 0.15) is 5.76 Å². The lowest BCUT2D eigenvalue weighted by Gasteiger charge is -2.00. The number of amides is 1. The largest absolute Gasteiger partial charge is 0.453 e. The predicted molar refractivity (Wildman–Crippen MR) is 48.4 cm³/mol. The first-order valence-corrected chi connectivity index (χ1v) is 4.35. The van der Waals surface area contributed by atoms with Gasteiger partial charge in [-0.3, -0.25) is 9.63 Å². The summed E-state index contributed by atoms with van der Waals surface area (Å²) in [6, 6.07) is 3.55. The molecule has 1 aromatic heterocycles. The molecule has 0 atom stereocenters. The average Bonchev–Trinajstić information content (AvgIpc) is 2.45. The molecule has 1 amide bonds. The lowest BCUT2D eigenvalue weighted by Crippen LogP contribution is -2.24. The second-order valence-electron chi connectivity index (χ2n) is 2.28. The van der Waals surface area contributed by atoms with Crippen LogP contribution in [-0.4, -0.2) is 12.5 Å². The zero-order valence-corrected chi connectivity index (χ0v) is 8.33. The van der Waals surface area contributed by atoms with Gasteiger partial charge in [-0.25, -0.2) is 0 Å². The lowest BCUT2D eigenvalue weighted by atomic mass is 10.5. The Hall–Kier alpha value is -0.850. The molecule has 3 N–H and O–H groups in total. The first kappa shape index (κ1) is 10.2. The van der Waals surface area contributed by atoms with Crippen LogP contribution in [0.5, 0.6) is 0 Å². The number of primary amides is 1. The third-order valence-electron chi connectivity index (χ3n) is 1.19. The van der Waals surface area contributed by atoms with Gasteiger partial charge in [0.15, 0.2) is 4.67 Å². The van der Waals surface area contributed by atoms with E-state index in [4.69, 9.17) is 15.0 Å². The van der Waals surface area contributed by atoms with Crippen molar-refractivity contribution in [3.05, 3.63) is 22.6 Å². The number of furan rings is 1. The van der Waals surface area contributed by atoms with Gasteiger partial charge in [0.1, 0.15) is 12.4 Å². The second-order valence-corrected chi connectivity index (χ2v) is 3.06. The normalized spacial score (nSPS) is 10.2. The van der Waals surface area contributed by atoms with Gasteiger partial charge < -0.3 is 10.2 Å². The standard InChI is InChI=1S/C7H9BrN2O3/c8-6-2-1-5(13-6)3-10-12-4-7(9)11/h1-2,10H,3-4H2,(H2,9,11). The average molecular weight is 249 g/mol. The van der Waals surface area contributed by atoms with Crippen molar-refractivity contribution in [1.29, 1.82) is 0 Å². The van der Waals surface area contributed by atoms with Gasteiger partial charge in [0.05, 0.1) is 6.54 Å². The molecule has 0 radical (unpaired) electrons. The molecular weight excluding hydrogens is 240 g/mol. The Bertz CT molecular complexity index is 287. The molecule has 1 aromatic rings. The van der Waals surface area contributed by atoms with E-state index in [1.54, 1.807) is 12.1 Å². The highest BCUT2D eigenvalue weighted by molar-refractivity contribution is 9.10. The highest BCUT2D eigenvalue weighted by Gasteiger charge is 1.99. The van der Waals surface area contributed by atoms with Crippen LogP contribution >= 0.6 is 15.9 Å². The number of carbonyl (C=O) groups is 1. The number of rotatable bonds is 5. The molecule has 13 heavy (non-hydrogen) atoms. The topological polar surface area (TPSA) is 77.5 Å². The Morgan fingerprint density at radius 2 is 2.46 bits per heavy atom. The summed E-state index contributed by atoms with van der Waals surface area (Å²) < 4.78 is 5.80. The molecule has 0 spiro atoms. The molecule has 0 unspecified atom stereocenters. The number of nitrogens with one attached hydrogen (secondary N) is 1. The number of nitrogens with two attached hydrogens (primary N) is 1. The maximum Gasteiger partial charge on any atom is 0.245 e. The zero-order valence-electron chi connectivity index (χ0n) is 6.75. The third-order valence-corrected chi connectivity index (χ3v) is 1.62. The van der Waals surface area contributed by atoms with Gasteiger partial charge in [-0.15, -0.1) is 0 Å². The fourth-order valence-electron chi connectivity index (χ4n) is 0.691. The van der Waals surface area contributed by atoms with E-state index in [9.17, 15) is 4.79 Å². The molecule has 0 bridgehead atoms. The van der Waals surface area contributed by atoms with E-state index in [0.717, 1.165) is 0 Å². The Balaban J connectivity index is 2.16. The van der Waals surface area contributed by atoms with E-state index in [0.29, 0.717) is 17.0 Å². The Morgan fingerprint density at radius 1 is 1.69 bits per heavy atom. The molecule has 0 aliphatic heterocycles. The molecule has 1 heterocycles. The van der Waals surface area contributed by atoms with Crippen molar-refractivity contribution in [2.45, 2.75) is 6.54 Å². The van der Waals surface area contributed by atoms with Gasteiger partial charge in [0.2, 0.25) is 5.91 Å². The Labute approximate surface area is 83.3 Å². The molecule has 1 rings (SSSR count). The molecule has 0 saturated carbocycles. The molecule has 5 nitrogen and oxygen atoms in total. The minimum absolute atomic E-state index is 0.151.